The molecule has 4 heteroatoms. The quantitative estimate of drug-likeness (QED) is 0.200. The Bertz CT molecular complexity index is 392. The van der Waals surface area contributed by atoms with E-state index in [-0.39, 0.29) is 12.1 Å². The number of hydrogen-bond donors (Lipinski definition) is 0. The van der Waals surface area contributed by atoms with Crippen LogP contribution in [-0.4, -0.2) is 31.1 Å². The summed E-state index contributed by atoms with van der Waals surface area (Å²) in [5, 5.41) is 0. The SMILES string of the molecule is CC(C)CCCCCCCCCCCCCCC(=O)OCC1COC(C)(C)O1. The van der Waals surface area contributed by atoms with Gasteiger partial charge in [-0.25, -0.2) is 0 Å². The monoisotopic (exact) mass is 398 g/mol. The van der Waals surface area contributed by atoms with Crippen molar-refractivity contribution in [3.8, 4) is 0 Å². The van der Waals surface area contributed by atoms with E-state index in [0.29, 0.717) is 19.6 Å². The van der Waals surface area contributed by atoms with Gasteiger partial charge in [-0.3, -0.25) is 4.79 Å². The smallest absolute Gasteiger partial charge is 0.305 e. The average Bonchev–Trinajstić information content (AvgIpc) is 2.99. The van der Waals surface area contributed by atoms with Gasteiger partial charge in [0.15, 0.2) is 5.79 Å². The first-order valence-corrected chi connectivity index (χ1v) is 11.9. The van der Waals surface area contributed by atoms with Crippen LogP contribution in [0.2, 0.25) is 0 Å². The van der Waals surface area contributed by atoms with Gasteiger partial charge in [-0.1, -0.05) is 90.9 Å². The van der Waals surface area contributed by atoms with E-state index in [1.54, 1.807) is 0 Å². The predicted molar refractivity (Wildman–Crippen MR) is 115 cm³/mol. The fraction of sp³-hybridized carbons (Fsp3) is 0.958. The van der Waals surface area contributed by atoms with Gasteiger partial charge in [0.25, 0.3) is 0 Å². The maximum Gasteiger partial charge on any atom is 0.305 e. The second-order valence-electron chi connectivity index (χ2n) is 9.31. The summed E-state index contributed by atoms with van der Waals surface area (Å²) in [5.41, 5.74) is 0. The minimum absolute atomic E-state index is 0.110. The molecule has 0 spiro atoms. The molecule has 0 saturated carbocycles. The maximum atomic E-state index is 11.8. The van der Waals surface area contributed by atoms with Crippen molar-refractivity contribution < 1.29 is 19.0 Å². The van der Waals surface area contributed by atoms with Gasteiger partial charge in [0.2, 0.25) is 0 Å². The molecule has 1 aliphatic rings. The van der Waals surface area contributed by atoms with Gasteiger partial charge in [0, 0.05) is 6.42 Å². The van der Waals surface area contributed by atoms with Crippen molar-refractivity contribution in [2.45, 2.75) is 129 Å². The predicted octanol–water partition coefficient (Wildman–Crippen LogP) is 6.80. The summed E-state index contributed by atoms with van der Waals surface area (Å²) >= 11 is 0. The Labute approximate surface area is 174 Å². The largest absolute Gasteiger partial charge is 0.463 e. The Morgan fingerprint density at radius 3 is 1.86 bits per heavy atom. The molecular weight excluding hydrogens is 352 g/mol. The Morgan fingerprint density at radius 2 is 1.39 bits per heavy atom. The molecule has 0 aliphatic carbocycles. The second-order valence-corrected chi connectivity index (χ2v) is 9.31. The Balaban J connectivity index is 1.77. The molecule has 1 unspecified atom stereocenters. The summed E-state index contributed by atoms with van der Waals surface area (Å²) in [5.74, 6) is 0.200. The molecule has 0 amide bonds. The third-order valence-corrected chi connectivity index (χ3v) is 5.41. The van der Waals surface area contributed by atoms with E-state index >= 15 is 0 Å². The molecule has 166 valence electrons. The molecule has 4 nitrogen and oxygen atoms in total. The molecule has 0 aromatic carbocycles. The minimum atomic E-state index is -0.551. The zero-order valence-corrected chi connectivity index (χ0v) is 19.1. The van der Waals surface area contributed by atoms with E-state index in [1.165, 1.54) is 70.6 Å². The number of rotatable bonds is 17. The lowest BCUT2D eigenvalue weighted by molar-refractivity contribution is -0.158. The molecule has 1 saturated heterocycles. The summed E-state index contributed by atoms with van der Waals surface area (Å²) < 4.78 is 16.4. The Morgan fingerprint density at radius 1 is 0.893 bits per heavy atom. The van der Waals surface area contributed by atoms with Crippen molar-refractivity contribution in [3.63, 3.8) is 0 Å². The summed E-state index contributed by atoms with van der Waals surface area (Å²) in [6.45, 7) is 9.19. The molecule has 1 aliphatic heterocycles. The van der Waals surface area contributed by atoms with E-state index < -0.39 is 5.79 Å². The number of hydrogen-bond acceptors (Lipinski definition) is 4. The first kappa shape index (κ1) is 25.4. The first-order valence-electron chi connectivity index (χ1n) is 11.9. The van der Waals surface area contributed by atoms with Gasteiger partial charge < -0.3 is 14.2 Å². The van der Waals surface area contributed by atoms with Gasteiger partial charge in [-0.05, 0) is 26.2 Å². The van der Waals surface area contributed by atoms with Gasteiger partial charge in [-0.2, -0.15) is 0 Å². The molecule has 1 fully saturated rings. The van der Waals surface area contributed by atoms with Crippen molar-refractivity contribution in [1.82, 2.24) is 0 Å². The van der Waals surface area contributed by atoms with Crippen LogP contribution in [0.25, 0.3) is 0 Å². The molecular formula is C24H46O4. The fourth-order valence-electron chi connectivity index (χ4n) is 3.69. The van der Waals surface area contributed by atoms with Gasteiger partial charge in [0.05, 0.1) is 6.61 Å². The van der Waals surface area contributed by atoms with E-state index in [4.69, 9.17) is 14.2 Å². The molecule has 1 heterocycles. The number of carbonyl (C=O) groups excluding carboxylic acids is 1. The van der Waals surface area contributed by atoms with Gasteiger partial charge in [0.1, 0.15) is 12.7 Å². The molecule has 1 atom stereocenters. The van der Waals surface area contributed by atoms with Crippen LogP contribution in [0.15, 0.2) is 0 Å². The highest BCUT2D eigenvalue weighted by atomic mass is 16.7. The molecule has 0 aromatic rings. The van der Waals surface area contributed by atoms with E-state index in [1.807, 2.05) is 13.8 Å². The van der Waals surface area contributed by atoms with E-state index in [0.717, 1.165) is 18.8 Å². The lowest BCUT2D eigenvalue weighted by Gasteiger charge is -2.16. The van der Waals surface area contributed by atoms with Crippen LogP contribution in [0.5, 0.6) is 0 Å². The zero-order valence-electron chi connectivity index (χ0n) is 19.1. The van der Waals surface area contributed by atoms with Gasteiger partial charge >= 0.3 is 5.97 Å². The third kappa shape index (κ3) is 14.4. The molecule has 28 heavy (non-hydrogen) atoms. The number of ether oxygens (including phenoxy) is 3. The highest BCUT2D eigenvalue weighted by Crippen LogP contribution is 2.22. The summed E-state index contributed by atoms with van der Waals surface area (Å²) in [6.07, 6.45) is 17.5. The number of carbonyl (C=O) groups is 1. The van der Waals surface area contributed by atoms with Crippen LogP contribution >= 0.6 is 0 Å². The van der Waals surface area contributed by atoms with Crippen molar-refractivity contribution in [2.24, 2.45) is 5.92 Å². The molecule has 0 radical (unpaired) electrons. The van der Waals surface area contributed by atoms with E-state index in [2.05, 4.69) is 13.8 Å². The average molecular weight is 399 g/mol. The highest BCUT2D eigenvalue weighted by molar-refractivity contribution is 5.69. The number of unbranched alkanes of at least 4 members (excludes halogenated alkanes) is 11. The van der Waals surface area contributed by atoms with Crippen molar-refractivity contribution in [2.75, 3.05) is 13.2 Å². The second kappa shape index (κ2) is 15.3. The lowest BCUT2D eigenvalue weighted by atomic mass is 10.0. The van der Waals surface area contributed by atoms with Crippen molar-refractivity contribution in [1.29, 1.82) is 0 Å². The van der Waals surface area contributed by atoms with Crippen LogP contribution < -0.4 is 0 Å². The third-order valence-electron chi connectivity index (χ3n) is 5.41. The molecule has 0 aromatic heterocycles. The van der Waals surface area contributed by atoms with Crippen LogP contribution in [0.1, 0.15) is 118 Å². The van der Waals surface area contributed by atoms with Crippen LogP contribution in [0, 0.1) is 5.92 Å². The first-order chi connectivity index (χ1) is 13.4. The molecule has 1 rings (SSSR count). The summed E-state index contributed by atoms with van der Waals surface area (Å²) in [4.78, 5) is 11.8. The normalized spacial score (nSPS) is 18.7. The number of esters is 1. The molecule has 0 bridgehead atoms. The fourth-order valence-corrected chi connectivity index (χ4v) is 3.69. The lowest BCUT2D eigenvalue weighted by Crippen LogP contribution is -2.25. The zero-order chi connectivity index (χ0) is 20.7. The van der Waals surface area contributed by atoms with Crippen molar-refractivity contribution >= 4 is 5.97 Å². The van der Waals surface area contributed by atoms with Crippen LogP contribution in [-0.2, 0) is 19.0 Å². The maximum absolute atomic E-state index is 11.8. The summed E-state index contributed by atoms with van der Waals surface area (Å²) in [6, 6.07) is 0. The minimum Gasteiger partial charge on any atom is -0.463 e. The van der Waals surface area contributed by atoms with Crippen LogP contribution in [0.3, 0.4) is 0 Å². The van der Waals surface area contributed by atoms with E-state index in [9.17, 15) is 4.79 Å². The molecule has 0 N–H and O–H groups in total. The van der Waals surface area contributed by atoms with Gasteiger partial charge in [-0.15, -0.1) is 0 Å². The highest BCUT2D eigenvalue weighted by Gasteiger charge is 2.33. The standard InChI is InChI=1S/C24H46O4/c1-21(2)17-15-13-11-9-7-5-6-8-10-12-14-16-18-23(25)26-19-22-20-27-24(3,4)28-22/h21-22H,5-20H2,1-4H3. The van der Waals surface area contributed by atoms with Crippen molar-refractivity contribution in [3.05, 3.63) is 0 Å². The Kier molecular flexibility index (Phi) is 13.9. The van der Waals surface area contributed by atoms with Crippen LogP contribution in [0.4, 0.5) is 0 Å². The Hall–Kier alpha value is -0.610. The summed E-state index contributed by atoms with van der Waals surface area (Å²) in [7, 11) is 0. The topological polar surface area (TPSA) is 44.8 Å².